The number of esters is 1. The van der Waals surface area contributed by atoms with Crippen LogP contribution in [0.5, 0.6) is 0 Å². The molecule has 21 nitrogen and oxygen atoms in total. The van der Waals surface area contributed by atoms with Gasteiger partial charge in [0.25, 0.3) is 5.91 Å². The summed E-state index contributed by atoms with van der Waals surface area (Å²) in [5.41, 5.74) is 2.37. The van der Waals surface area contributed by atoms with E-state index < -0.39 is 39.9 Å². The minimum atomic E-state index is -4.55. The quantitative estimate of drug-likeness (QED) is 0.0168. The van der Waals surface area contributed by atoms with Crippen LogP contribution in [0.1, 0.15) is 84.0 Å². The maximum Gasteiger partial charge on any atom is 0.472 e. The zero-order chi connectivity index (χ0) is 52.8. The summed E-state index contributed by atoms with van der Waals surface area (Å²) >= 11 is 0. The summed E-state index contributed by atoms with van der Waals surface area (Å²) < 4.78 is 62.0. The Labute approximate surface area is 421 Å². The second-order valence-electron chi connectivity index (χ2n) is 19.0. The molecule has 2 aromatic carbocycles. The van der Waals surface area contributed by atoms with Crippen LogP contribution >= 0.6 is 7.82 Å². The number of rotatable bonds is 36. The van der Waals surface area contributed by atoms with Crippen LogP contribution in [0, 0.1) is 0 Å². The van der Waals surface area contributed by atoms with Crippen molar-refractivity contribution in [1.29, 1.82) is 0 Å². The van der Waals surface area contributed by atoms with E-state index in [9.17, 15) is 28.6 Å². The first-order valence-corrected chi connectivity index (χ1v) is 28.4. The average molecular weight is 1040 g/mol. The minimum absolute atomic E-state index is 0.0465. The molecule has 71 heavy (non-hydrogen) atoms. The Bertz CT molecular complexity index is 1930. The van der Waals surface area contributed by atoms with Crippen LogP contribution in [0.15, 0.2) is 58.8 Å². The highest BCUT2D eigenvalue weighted by molar-refractivity contribution is 7.47. The van der Waals surface area contributed by atoms with Gasteiger partial charge in [0.1, 0.15) is 18.3 Å². The number of hydrogen-bond donors (Lipinski definition) is 4. The summed E-state index contributed by atoms with van der Waals surface area (Å²) in [4.78, 5) is 61.3. The van der Waals surface area contributed by atoms with Crippen molar-refractivity contribution < 1.29 is 70.5 Å². The lowest BCUT2D eigenvalue weighted by Crippen LogP contribution is -2.46. The average Bonchev–Trinajstić information content (AvgIpc) is 3.29. The van der Waals surface area contributed by atoms with Crippen LogP contribution in [0.3, 0.4) is 0 Å². The third-order valence-corrected chi connectivity index (χ3v) is 15.9. The van der Waals surface area contributed by atoms with Crippen LogP contribution in [0.25, 0.3) is 0 Å². The Hall–Kier alpha value is -4.35. The highest BCUT2D eigenvalue weighted by Gasteiger charge is 2.40. The number of phosphoric ester groups is 1. The first kappa shape index (κ1) is 62.8. The number of amides is 3. The largest absolute Gasteiger partial charge is 0.472 e. The molecule has 4 N–H and O–H groups in total. The number of phosphoric acid groups is 1. The van der Waals surface area contributed by atoms with E-state index in [1.54, 1.807) is 45.0 Å². The zero-order valence-electron chi connectivity index (χ0n) is 43.6. The van der Waals surface area contributed by atoms with Crippen LogP contribution in [0.4, 0.5) is 21.9 Å². The molecule has 2 rings (SSSR count). The van der Waals surface area contributed by atoms with Gasteiger partial charge < -0.3 is 58.6 Å². The summed E-state index contributed by atoms with van der Waals surface area (Å²) in [6, 6.07) is 14.6. The number of alkyl carbamates (subject to hydrolysis) is 1. The van der Waals surface area contributed by atoms with E-state index >= 15 is 0 Å². The predicted molar refractivity (Wildman–Crippen MR) is 272 cm³/mol. The molecule has 0 bridgehead atoms. The number of azo groups is 1. The van der Waals surface area contributed by atoms with Crippen molar-refractivity contribution >= 4 is 57.1 Å². The van der Waals surface area contributed by atoms with Crippen molar-refractivity contribution in [2.75, 3.05) is 111 Å². The molecular weight excluding hydrogens is 960 g/mol. The fourth-order valence-corrected chi connectivity index (χ4v) is 7.65. The van der Waals surface area contributed by atoms with Gasteiger partial charge in [0.15, 0.2) is 8.32 Å². The third kappa shape index (κ3) is 30.3. The second kappa shape index (κ2) is 33.4. The molecule has 402 valence electrons. The number of benzene rings is 2. The third-order valence-electron chi connectivity index (χ3n) is 10.4. The topological polar surface area (TPSA) is 253 Å². The van der Waals surface area contributed by atoms with Gasteiger partial charge >= 0.3 is 19.9 Å². The normalized spacial score (nSPS) is 13.3. The lowest BCUT2D eigenvalue weighted by atomic mass is 10.2. The van der Waals surface area contributed by atoms with Gasteiger partial charge in [-0.3, -0.25) is 23.4 Å². The number of anilines is 1. The first-order chi connectivity index (χ1) is 33.5. The fourth-order valence-electron chi connectivity index (χ4n) is 5.58. The van der Waals surface area contributed by atoms with Gasteiger partial charge in [-0.2, -0.15) is 10.2 Å². The van der Waals surface area contributed by atoms with Gasteiger partial charge in [0.05, 0.1) is 77.4 Å². The SMILES string of the molecule is CN(C)c1ccc(N=Nc2ccc(C(=O)NCCOCCOCCOCCOCCC(=O)NCCOP(=O)(O)OC[C@@H](COC(=O)CCCCCNC(=O)OC(C)(C)C)O[Si](C)(C)C(C)(C)C)cc2)cc1. The van der Waals surface area contributed by atoms with E-state index in [-0.39, 0.29) is 69.3 Å². The second-order valence-corrected chi connectivity index (χ2v) is 25.2. The summed E-state index contributed by atoms with van der Waals surface area (Å²) in [7, 11) is -3.01. The summed E-state index contributed by atoms with van der Waals surface area (Å²) in [5.74, 6) is -1.00. The van der Waals surface area contributed by atoms with Gasteiger partial charge in [-0.25, -0.2) is 9.36 Å². The van der Waals surface area contributed by atoms with Crippen molar-refractivity contribution in [2.24, 2.45) is 10.2 Å². The molecule has 0 saturated carbocycles. The molecule has 0 radical (unpaired) electrons. The molecule has 3 amide bonds. The number of nitrogens with zero attached hydrogens (tertiary/aromatic N) is 3. The molecule has 1 unspecified atom stereocenters. The number of hydrogen-bond acceptors (Lipinski definition) is 17. The van der Waals surface area contributed by atoms with Gasteiger partial charge in [0.2, 0.25) is 5.91 Å². The highest BCUT2D eigenvalue weighted by Crippen LogP contribution is 2.44. The van der Waals surface area contributed by atoms with Gasteiger partial charge in [-0.15, -0.1) is 0 Å². The van der Waals surface area contributed by atoms with Crippen molar-refractivity contribution in [3.8, 4) is 0 Å². The molecule has 0 aliphatic carbocycles. The molecule has 2 atom stereocenters. The predicted octanol–water partition coefficient (Wildman–Crippen LogP) is 7.62. The van der Waals surface area contributed by atoms with E-state index in [0.717, 1.165) is 11.4 Å². The van der Waals surface area contributed by atoms with Crippen molar-refractivity contribution in [2.45, 2.75) is 103 Å². The first-order valence-electron chi connectivity index (χ1n) is 24.0. The van der Waals surface area contributed by atoms with Crippen molar-refractivity contribution in [3.05, 3.63) is 54.1 Å². The number of carbonyl (C=O) groups is 4. The summed E-state index contributed by atoms with van der Waals surface area (Å²) in [5, 5.41) is 16.4. The lowest BCUT2D eigenvalue weighted by molar-refractivity contribution is -0.147. The Morgan fingerprint density at radius 2 is 1.21 bits per heavy atom. The Balaban J connectivity index is 1.49. The van der Waals surface area contributed by atoms with E-state index in [2.05, 4.69) is 26.2 Å². The number of unbranched alkanes of at least 4 members (excludes halogenated alkanes) is 2. The number of nitrogens with one attached hydrogen (secondary N) is 3. The Kier molecular flexibility index (Phi) is 29.5. The summed E-state index contributed by atoms with van der Waals surface area (Å²) in [6.45, 7) is 17.8. The Morgan fingerprint density at radius 3 is 1.77 bits per heavy atom. The molecule has 0 heterocycles. The molecule has 23 heteroatoms. The Morgan fingerprint density at radius 1 is 0.662 bits per heavy atom. The monoisotopic (exact) mass is 1040 g/mol. The van der Waals surface area contributed by atoms with E-state index in [1.165, 1.54) is 0 Å². The maximum absolute atomic E-state index is 12.7. The number of ether oxygens (including phenoxy) is 6. The molecule has 0 aromatic heterocycles. The molecule has 0 fully saturated rings. The standard InChI is InChI=1S/C48H81N6O15PSi/c1-47(2,3)68-46(58)51-24-13-11-12-14-44(56)65-36-42(69-71(9,10)48(4,5)6)37-67-70(59,60)66-29-26-49-43(55)23-27-61-30-32-63-34-35-64-33-31-62-28-25-50-45(57)38-15-17-39(18-16-38)52-53-40-19-21-41(22-20-40)54(7)8/h15-22,42H,11-14,23-37H2,1-10H3,(H,49,55)(H,50,57)(H,51,58)(H,59,60)/t42-/m1/s1. The molecule has 2 aromatic rings. The van der Waals surface area contributed by atoms with Crippen LogP contribution in [-0.4, -0.2) is 155 Å². The maximum atomic E-state index is 12.7. The smallest absolute Gasteiger partial charge is 0.463 e. The molecule has 0 aliphatic heterocycles. The van der Waals surface area contributed by atoms with E-state index in [0.29, 0.717) is 83.2 Å². The zero-order valence-corrected chi connectivity index (χ0v) is 45.5. The highest BCUT2D eigenvalue weighted by atomic mass is 31.2. The molecule has 0 aliphatic rings. The fraction of sp³-hybridized carbons (Fsp3) is 0.667. The van der Waals surface area contributed by atoms with Gasteiger partial charge in [-0.1, -0.05) is 27.2 Å². The lowest BCUT2D eigenvalue weighted by Gasteiger charge is -2.39. The molecule has 0 spiro atoms. The van der Waals surface area contributed by atoms with Crippen LogP contribution in [-0.2, 0) is 56.0 Å². The van der Waals surface area contributed by atoms with E-state index in [1.807, 2.05) is 77.1 Å². The van der Waals surface area contributed by atoms with Crippen molar-refractivity contribution in [1.82, 2.24) is 16.0 Å². The van der Waals surface area contributed by atoms with E-state index in [4.69, 9.17) is 41.9 Å². The molecular formula is C48H81N6O15PSi. The van der Waals surface area contributed by atoms with Crippen LogP contribution in [0.2, 0.25) is 18.1 Å². The number of carbonyl (C=O) groups excluding carboxylic acids is 4. The minimum Gasteiger partial charge on any atom is -0.463 e. The van der Waals surface area contributed by atoms with Gasteiger partial charge in [0, 0.05) is 57.8 Å². The van der Waals surface area contributed by atoms with Crippen LogP contribution < -0.4 is 20.9 Å². The van der Waals surface area contributed by atoms with Gasteiger partial charge in [-0.05, 0) is 100 Å². The van der Waals surface area contributed by atoms with Crippen molar-refractivity contribution in [3.63, 3.8) is 0 Å². The molecule has 0 saturated heterocycles. The summed E-state index contributed by atoms with van der Waals surface area (Å²) in [6.07, 6.45) is 0.782.